The molecule has 0 spiro atoms. The van der Waals surface area contributed by atoms with E-state index in [1.807, 2.05) is 24.3 Å². The van der Waals surface area contributed by atoms with Gasteiger partial charge in [-0.3, -0.25) is 9.59 Å². The number of halogens is 2. The number of nitrogens with one attached hydrogen (secondary N) is 1. The third-order valence-corrected chi connectivity index (χ3v) is 4.54. The SMILES string of the molecule is CCc1ccc(N(CCC(=O)Nc2ccc(Cl)c(Cl)c2)C(C)=O)cc1. The van der Waals surface area contributed by atoms with Gasteiger partial charge in [-0.05, 0) is 42.3 Å². The molecule has 132 valence electrons. The van der Waals surface area contributed by atoms with Crippen molar-refractivity contribution < 1.29 is 9.59 Å². The first-order valence-electron chi connectivity index (χ1n) is 8.02. The van der Waals surface area contributed by atoms with Gasteiger partial charge in [0.1, 0.15) is 0 Å². The summed E-state index contributed by atoms with van der Waals surface area (Å²) in [5.41, 5.74) is 2.55. The Kier molecular flexibility index (Phi) is 6.85. The Labute approximate surface area is 157 Å². The van der Waals surface area contributed by atoms with E-state index in [-0.39, 0.29) is 18.2 Å². The lowest BCUT2D eigenvalue weighted by Gasteiger charge is -2.21. The number of carbonyl (C=O) groups excluding carboxylic acids is 2. The van der Waals surface area contributed by atoms with Crippen LogP contribution in [0.2, 0.25) is 10.0 Å². The first-order valence-corrected chi connectivity index (χ1v) is 8.78. The fourth-order valence-electron chi connectivity index (χ4n) is 2.39. The molecular formula is C19H20Cl2N2O2. The van der Waals surface area contributed by atoms with Gasteiger partial charge in [0.25, 0.3) is 0 Å². The normalized spacial score (nSPS) is 10.4. The lowest BCUT2D eigenvalue weighted by Crippen LogP contribution is -2.31. The zero-order valence-electron chi connectivity index (χ0n) is 14.2. The predicted octanol–water partition coefficient (Wildman–Crippen LogP) is 4.94. The van der Waals surface area contributed by atoms with Crippen LogP contribution in [0.3, 0.4) is 0 Å². The summed E-state index contributed by atoms with van der Waals surface area (Å²) in [5.74, 6) is -0.304. The topological polar surface area (TPSA) is 49.4 Å². The van der Waals surface area contributed by atoms with Crippen LogP contribution in [0.25, 0.3) is 0 Å². The highest BCUT2D eigenvalue weighted by Gasteiger charge is 2.14. The number of amides is 2. The monoisotopic (exact) mass is 378 g/mol. The van der Waals surface area contributed by atoms with E-state index < -0.39 is 0 Å². The number of rotatable bonds is 6. The van der Waals surface area contributed by atoms with Crippen molar-refractivity contribution in [2.24, 2.45) is 0 Å². The first kappa shape index (κ1) is 19.3. The minimum absolute atomic E-state index is 0.105. The molecule has 0 fully saturated rings. The molecule has 0 aromatic heterocycles. The van der Waals surface area contributed by atoms with E-state index in [1.54, 1.807) is 23.1 Å². The van der Waals surface area contributed by atoms with E-state index in [9.17, 15) is 9.59 Å². The number of hydrogen-bond donors (Lipinski definition) is 1. The molecule has 0 saturated carbocycles. The number of anilines is 2. The summed E-state index contributed by atoms with van der Waals surface area (Å²) in [6.07, 6.45) is 1.11. The molecule has 0 atom stereocenters. The summed E-state index contributed by atoms with van der Waals surface area (Å²) < 4.78 is 0. The fourth-order valence-corrected chi connectivity index (χ4v) is 2.69. The maximum atomic E-state index is 12.1. The molecule has 0 aliphatic heterocycles. The number of aryl methyl sites for hydroxylation is 1. The van der Waals surface area contributed by atoms with Crippen LogP contribution in [-0.4, -0.2) is 18.4 Å². The zero-order chi connectivity index (χ0) is 18.4. The van der Waals surface area contributed by atoms with Crippen LogP contribution < -0.4 is 10.2 Å². The minimum Gasteiger partial charge on any atom is -0.326 e. The Morgan fingerprint density at radius 2 is 1.72 bits per heavy atom. The molecule has 0 bridgehead atoms. The summed E-state index contributed by atoms with van der Waals surface area (Å²) in [5, 5.41) is 3.56. The van der Waals surface area contributed by atoms with Crippen molar-refractivity contribution in [2.75, 3.05) is 16.8 Å². The average Bonchev–Trinajstić information content (AvgIpc) is 2.58. The highest BCUT2D eigenvalue weighted by Crippen LogP contribution is 2.25. The standard InChI is InChI=1S/C19H20Cl2N2O2/c1-3-14-4-7-16(8-5-14)23(13(2)24)11-10-19(25)22-15-6-9-17(20)18(21)12-15/h4-9,12H,3,10-11H2,1-2H3,(H,22,25). The third-order valence-electron chi connectivity index (χ3n) is 3.80. The number of carbonyl (C=O) groups is 2. The Morgan fingerprint density at radius 3 is 2.28 bits per heavy atom. The van der Waals surface area contributed by atoms with Gasteiger partial charge in [0, 0.05) is 31.3 Å². The van der Waals surface area contributed by atoms with Crippen LogP contribution >= 0.6 is 23.2 Å². The van der Waals surface area contributed by atoms with Crippen molar-refractivity contribution in [3.63, 3.8) is 0 Å². The molecule has 0 heterocycles. The van der Waals surface area contributed by atoms with Gasteiger partial charge in [0.15, 0.2) is 0 Å². The van der Waals surface area contributed by atoms with Crippen LogP contribution in [0.5, 0.6) is 0 Å². The summed E-state index contributed by atoms with van der Waals surface area (Å²) in [6.45, 7) is 3.86. The molecule has 2 aromatic rings. The summed E-state index contributed by atoms with van der Waals surface area (Å²) in [4.78, 5) is 25.6. The number of hydrogen-bond acceptors (Lipinski definition) is 2. The average molecular weight is 379 g/mol. The van der Waals surface area contributed by atoms with Gasteiger partial charge < -0.3 is 10.2 Å². The molecule has 1 N–H and O–H groups in total. The Hall–Kier alpha value is -2.04. The van der Waals surface area contributed by atoms with Crippen molar-refractivity contribution in [3.05, 3.63) is 58.1 Å². The minimum atomic E-state index is -0.199. The second-order valence-corrected chi connectivity index (χ2v) is 6.43. The van der Waals surface area contributed by atoms with Crippen LogP contribution in [0.4, 0.5) is 11.4 Å². The smallest absolute Gasteiger partial charge is 0.226 e. The van der Waals surface area contributed by atoms with Crippen molar-refractivity contribution in [3.8, 4) is 0 Å². The maximum absolute atomic E-state index is 12.1. The number of nitrogens with zero attached hydrogens (tertiary/aromatic N) is 1. The molecule has 25 heavy (non-hydrogen) atoms. The Balaban J connectivity index is 1.98. The largest absolute Gasteiger partial charge is 0.326 e. The molecule has 2 aromatic carbocycles. The van der Waals surface area contributed by atoms with Crippen molar-refractivity contribution in [2.45, 2.75) is 26.7 Å². The lowest BCUT2D eigenvalue weighted by molar-refractivity contribution is -0.117. The quantitative estimate of drug-likeness (QED) is 0.773. The van der Waals surface area contributed by atoms with Crippen molar-refractivity contribution in [1.82, 2.24) is 0 Å². The van der Waals surface area contributed by atoms with Crippen molar-refractivity contribution >= 4 is 46.4 Å². The number of benzene rings is 2. The van der Waals surface area contributed by atoms with E-state index in [0.29, 0.717) is 22.3 Å². The van der Waals surface area contributed by atoms with E-state index in [4.69, 9.17) is 23.2 Å². The molecule has 6 heteroatoms. The third kappa shape index (κ3) is 5.48. The van der Waals surface area contributed by atoms with Gasteiger partial charge in [0.05, 0.1) is 10.0 Å². The molecular weight excluding hydrogens is 359 g/mol. The molecule has 0 unspecified atom stereocenters. The van der Waals surface area contributed by atoms with Gasteiger partial charge in [0.2, 0.25) is 11.8 Å². The summed E-state index contributed by atoms with van der Waals surface area (Å²) in [6, 6.07) is 12.7. The van der Waals surface area contributed by atoms with E-state index in [2.05, 4.69) is 12.2 Å². The highest BCUT2D eigenvalue weighted by atomic mass is 35.5. The molecule has 0 radical (unpaired) electrons. The summed E-state index contributed by atoms with van der Waals surface area (Å²) >= 11 is 11.8. The van der Waals surface area contributed by atoms with Crippen molar-refractivity contribution in [1.29, 1.82) is 0 Å². The van der Waals surface area contributed by atoms with E-state index in [0.717, 1.165) is 12.1 Å². The Bertz CT molecular complexity index is 761. The van der Waals surface area contributed by atoms with Gasteiger partial charge in [-0.15, -0.1) is 0 Å². The second kappa shape index (κ2) is 8.88. The fraction of sp³-hybridized carbons (Fsp3) is 0.263. The van der Waals surface area contributed by atoms with Gasteiger partial charge in [-0.25, -0.2) is 0 Å². The Morgan fingerprint density at radius 1 is 1.04 bits per heavy atom. The molecule has 0 saturated heterocycles. The van der Waals surface area contributed by atoms with Crippen LogP contribution in [0, 0.1) is 0 Å². The van der Waals surface area contributed by atoms with Gasteiger partial charge >= 0.3 is 0 Å². The summed E-state index contributed by atoms with van der Waals surface area (Å²) in [7, 11) is 0. The molecule has 0 aliphatic carbocycles. The van der Waals surface area contributed by atoms with Crippen LogP contribution in [0.1, 0.15) is 25.8 Å². The zero-order valence-corrected chi connectivity index (χ0v) is 15.7. The first-order chi connectivity index (χ1) is 11.9. The molecule has 2 amide bonds. The predicted molar refractivity (Wildman–Crippen MR) is 104 cm³/mol. The highest BCUT2D eigenvalue weighted by molar-refractivity contribution is 6.42. The van der Waals surface area contributed by atoms with Crippen LogP contribution in [0.15, 0.2) is 42.5 Å². The van der Waals surface area contributed by atoms with Gasteiger partial charge in [-0.2, -0.15) is 0 Å². The molecule has 2 rings (SSSR count). The van der Waals surface area contributed by atoms with Crippen LogP contribution in [-0.2, 0) is 16.0 Å². The van der Waals surface area contributed by atoms with E-state index >= 15 is 0 Å². The van der Waals surface area contributed by atoms with Gasteiger partial charge in [-0.1, -0.05) is 42.3 Å². The van der Waals surface area contributed by atoms with E-state index in [1.165, 1.54) is 12.5 Å². The molecule has 0 aliphatic rings. The molecule has 4 nitrogen and oxygen atoms in total. The maximum Gasteiger partial charge on any atom is 0.226 e. The second-order valence-electron chi connectivity index (χ2n) is 5.62. The lowest BCUT2D eigenvalue weighted by atomic mass is 10.1.